The highest BCUT2D eigenvalue weighted by atomic mass is 35.5. The Labute approximate surface area is 80.2 Å². The molecule has 0 aliphatic carbocycles. The quantitative estimate of drug-likeness (QED) is 0.783. The maximum atomic E-state index is 10.4. The van der Waals surface area contributed by atoms with Gasteiger partial charge in [0.25, 0.3) is 0 Å². The van der Waals surface area contributed by atoms with Crippen molar-refractivity contribution in [2.24, 2.45) is 0 Å². The number of rotatable bonds is 2. The minimum atomic E-state index is -0.959. The summed E-state index contributed by atoms with van der Waals surface area (Å²) < 4.78 is 0. The van der Waals surface area contributed by atoms with E-state index in [2.05, 4.69) is 0 Å². The number of benzene rings is 1. The molecule has 4 heteroatoms. The van der Waals surface area contributed by atoms with Crippen molar-refractivity contribution in [1.82, 2.24) is 0 Å². The Morgan fingerprint density at radius 2 is 2.31 bits per heavy atom. The lowest BCUT2D eigenvalue weighted by Crippen LogP contribution is -2.01. The predicted octanol–water partition coefficient (Wildman–Crippen LogP) is 1.84. The number of nitriles is 1. The van der Waals surface area contributed by atoms with Gasteiger partial charge in [0, 0.05) is 5.02 Å². The van der Waals surface area contributed by atoms with Crippen LogP contribution in [0, 0.1) is 11.3 Å². The van der Waals surface area contributed by atoms with E-state index >= 15 is 0 Å². The highest BCUT2D eigenvalue weighted by Gasteiger charge is 2.06. The molecule has 0 saturated heterocycles. The Hall–Kier alpha value is -1.53. The molecule has 3 nitrogen and oxygen atoms in total. The van der Waals surface area contributed by atoms with Crippen LogP contribution < -0.4 is 0 Å². The van der Waals surface area contributed by atoms with Crippen LogP contribution in [0.25, 0.3) is 0 Å². The normalized spacial score (nSPS) is 9.23. The Balaban J connectivity index is 3.08. The van der Waals surface area contributed by atoms with Crippen LogP contribution in [0.4, 0.5) is 0 Å². The molecule has 0 atom stereocenters. The van der Waals surface area contributed by atoms with Crippen LogP contribution in [-0.4, -0.2) is 11.1 Å². The average molecular weight is 196 g/mol. The van der Waals surface area contributed by atoms with Crippen LogP contribution in [-0.2, 0) is 11.2 Å². The summed E-state index contributed by atoms with van der Waals surface area (Å²) in [4.78, 5) is 10.4. The summed E-state index contributed by atoms with van der Waals surface area (Å²) in [6.45, 7) is 0. The van der Waals surface area contributed by atoms with Gasteiger partial charge in [0.2, 0.25) is 0 Å². The second kappa shape index (κ2) is 3.92. The number of hydrogen-bond acceptors (Lipinski definition) is 2. The van der Waals surface area contributed by atoms with Gasteiger partial charge in [-0.15, -0.1) is 0 Å². The Morgan fingerprint density at radius 1 is 1.62 bits per heavy atom. The number of hydrogen-bond donors (Lipinski definition) is 1. The van der Waals surface area contributed by atoms with Crippen molar-refractivity contribution in [3.05, 3.63) is 34.3 Å². The van der Waals surface area contributed by atoms with E-state index in [4.69, 9.17) is 22.0 Å². The second-order valence-electron chi connectivity index (χ2n) is 2.48. The van der Waals surface area contributed by atoms with Crippen molar-refractivity contribution in [2.75, 3.05) is 0 Å². The summed E-state index contributed by atoms with van der Waals surface area (Å²) >= 11 is 5.63. The smallest absolute Gasteiger partial charge is 0.307 e. The molecule has 0 aliphatic heterocycles. The zero-order chi connectivity index (χ0) is 9.84. The van der Waals surface area contributed by atoms with Crippen LogP contribution in [0.15, 0.2) is 18.2 Å². The van der Waals surface area contributed by atoms with Crippen molar-refractivity contribution in [3.63, 3.8) is 0 Å². The molecule has 13 heavy (non-hydrogen) atoms. The Morgan fingerprint density at radius 3 is 2.85 bits per heavy atom. The number of carboxylic acid groups (broad SMARTS) is 1. The Bertz CT molecular complexity index is 382. The molecule has 0 unspecified atom stereocenters. The topological polar surface area (TPSA) is 61.1 Å². The number of nitrogens with zero attached hydrogens (tertiary/aromatic N) is 1. The SMILES string of the molecule is N#Cc1cc(Cl)ccc1CC(=O)O. The van der Waals surface area contributed by atoms with Gasteiger partial charge in [-0.1, -0.05) is 17.7 Å². The molecule has 0 amide bonds. The van der Waals surface area contributed by atoms with Gasteiger partial charge in [0.15, 0.2) is 0 Å². The van der Waals surface area contributed by atoms with Gasteiger partial charge in [0.05, 0.1) is 18.1 Å². The van der Waals surface area contributed by atoms with Crippen LogP contribution in [0.2, 0.25) is 5.02 Å². The van der Waals surface area contributed by atoms with E-state index in [-0.39, 0.29) is 6.42 Å². The first-order valence-corrected chi connectivity index (χ1v) is 3.91. The van der Waals surface area contributed by atoms with E-state index in [0.29, 0.717) is 16.1 Å². The van der Waals surface area contributed by atoms with Gasteiger partial charge < -0.3 is 5.11 Å². The summed E-state index contributed by atoms with van der Waals surface area (Å²) in [7, 11) is 0. The predicted molar refractivity (Wildman–Crippen MR) is 47.5 cm³/mol. The molecule has 0 spiro atoms. The molecule has 66 valence electrons. The summed E-state index contributed by atoms with van der Waals surface area (Å²) in [5, 5.41) is 17.6. The van der Waals surface area contributed by atoms with E-state index in [1.165, 1.54) is 6.07 Å². The molecule has 1 N–H and O–H groups in total. The lowest BCUT2D eigenvalue weighted by molar-refractivity contribution is -0.136. The van der Waals surface area contributed by atoms with Crippen molar-refractivity contribution >= 4 is 17.6 Å². The third-order valence-corrected chi connectivity index (χ3v) is 1.77. The van der Waals surface area contributed by atoms with E-state index in [1.54, 1.807) is 12.1 Å². The molecule has 0 fully saturated rings. The lowest BCUT2D eigenvalue weighted by Gasteiger charge is -1.99. The van der Waals surface area contributed by atoms with Crippen molar-refractivity contribution < 1.29 is 9.90 Å². The molecule has 0 aromatic heterocycles. The van der Waals surface area contributed by atoms with Gasteiger partial charge >= 0.3 is 5.97 Å². The highest BCUT2D eigenvalue weighted by Crippen LogP contribution is 2.15. The number of carboxylic acids is 1. The summed E-state index contributed by atoms with van der Waals surface area (Å²) in [5.74, 6) is -0.959. The maximum absolute atomic E-state index is 10.4. The highest BCUT2D eigenvalue weighted by molar-refractivity contribution is 6.30. The van der Waals surface area contributed by atoms with Gasteiger partial charge in [-0.3, -0.25) is 4.79 Å². The van der Waals surface area contributed by atoms with E-state index in [9.17, 15) is 4.79 Å². The second-order valence-corrected chi connectivity index (χ2v) is 2.92. The summed E-state index contributed by atoms with van der Waals surface area (Å²) in [5.41, 5.74) is 0.800. The zero-order valence-corrected chi connectivity index (χ0v) is 7.38. The molecule has 1 aromatic carbocycles. The molecule has 0 aliphatic rings. The first kappa shape index (κ1) is 9.56. The Kier molecular flexibility index (Phi) is 2.88. The van der Waals surface area contributed by atoms with Crippen LogP contribution in [0.5, 0.6) is 0 Å². The zero-order valence-electron chi connectivity index (χ0n) is 6.62. The molecule has 1 rings (SSSR count). The third-order valence-electron chi connectivity index (χ3n) is 1.53. The summed E-state index contributed by atoms with van der Waals surface area (Å²) in [6, 6.07) is 6.47. The minimum absolute atomic E-state index is 0.153. The van der Waals surface area contributed by atoms with Crippen molar-refractivity contribution in [1.29, 1.82) is 5.26 Å². The first-order valence-electron chi connectivity index (χ1n) is 3.54. The molecule has 0 bridgehead atoms. The molecule has 0 radical (unpaired) electrons. The molecular formula is C9H6ClNO2. The van der Waals surface area contributed by atoms with Gasteiger partial charge in [-0.2, -0.15) is 5.26 Å². The van der Waals surface area contributed by atoms with Crippen LogP contribution >= 0.6 is 11.6 Å². The van der Waals surface area contributed by atoms with E-state index in [1.807, 2.05) is 6.07 Å². The largest absolute Gasteiger partial charge is 0.481 e. The average Bonchev–Trinajstić information content (AvgIpc) is 2.07. The molecular weight excluding hydrogens is 190 g/mol. The van der Waals surface area contributed by atoms with Gasteiger partial charge in [-0.05, 0) is 17.7 Å². The number of aliphatic carboxylic acids is 1. The first-order chi connectivity index (χ1) is 6.13. The van der Waals surface area contributed by atoms with Crippen LogP contribution in [0.1, 0.15) is 11.1 Å². The van der Waals surface area contributed by atoms with Gasteiger partial charge in [0.1, 0.15) is 0 Å². The fraction of sp³-hybridized carbons (Fsp3) is 0.111. The number of carbonyl (C=O) groups is 1. The molecule has 1 aromatic rings. The fourth-order valence-electron chi connectivity index (χ4n) is 0.970. The minimum Gasteiger partial charge on any atom is -0.481 e. The maximum Gasteiger partial charge on any atom is 0.307 e. The molecule has 0 heterocycles. The molecule has 0 saturated carbocycles. The van der Waals surface area contributed by atoms with E-state index < -0.39 is 5.97 Å². The van der Waals surface area contributed by atoms with Gasteiger partial charge in [-0.25, -0.2) is 0 Å². The van der Waals surface area contributed by atoms with E-state index in [0.717, 1.165) is 0 Å². The number of halogens is 1. The van der Waals surface area contributed by atoms with Crippen molar-refractivity contribution in [3.8, 4) is 6.07 Å². The lowest BCUT2D eigenvalue weighted by atomic mass is 10.1. The third kappa shape index (κ3) is 2.46. The fourth-order valence-corrected chi connectivity index (χ4v) is 1.14. The standard InChI is InChI=1S/C9H6ClNO2/c10-8-2-1-6(4-9(12)13)7(3-8)5-11/h1-3H,4H2,(H,12,13). The summed E-state index contributed by atoms with van der Waals surface area (Å²) in [6.07, 6.45) is -0.153. The van der Waals surface area contributed by atoms with Crippen molar-refractivity contribution in [2.45, 2.75) is 6.42 Å². The monoisotopic (exact) mass is 195 g/mol. The van der Waals surface area contributed by atoms with Crippen LogP contribution in [0.3, 0.4) is 0 Å².